The highest BCUT2D eigenvalue weighted by molar-refractivity contribution is 5.65. The van der Waals surface area contributed by atoms with E-state index in [2.05, 4.69) is 4.74 Å². The second kappa shape index (κ2) is 4.86. The lowest BCUT2D eigenvalue weighted by atomic mass is 9.99. The molecule has 0 aromatic heterocycles. The third-order valence-corrected chi connectivity index (χ3v) is 2.14. The molecule has 88 valence electrons. The highest BCUT2D eigenvalue weighted by Crippen LogP contribution is 2.19. The number of rotatable bonds is 2. The first-order chi connectivity index (χ1) is 6.93. The van der Waals surface area contributed by atoms with Crippen molar-refractivity contribution >= 4 is 5.97 Å². The molecule has 0 saturated carbocycles. The van der Waals surface area contributed by atoms with Gasteiger partial charge in [-0.25, -0.2) is 0 Å². The molecule has 7 heteroatoms. The Hall–Kier alpha value is -0.730. The van der Waals surface area contributed by atoms with Gasteiger partial charge in [-0.15, -0.1) is 0 Å². The van der Waals surface area contributed by atoms with Crippen LogP contribution >= 0.6 is 0 Å². The molecule has 1 aliphatic heterocycles. The normalized spacial score (nSPS) is 41.3. The zero-order valence-corrected chi connectivity index (χ0v) is 8.11. The average molecular weight is 222 g/mol. The standard InChI is InChI=1S/C8H14O7/c1-3(9)14-2-4-5(10)6(11)7(12)8(13)15-4/h4-8,10-13H,2H2,1H3. The second-order valence-corrected chi connectivity index (χ2v) is 3.34. The van der Waals surface area contributed by atoms with Gasteiger partial charge in [0.25, 0.3) is 0 Å². The van der Waals surface area contributed by atoms with E-state index < -0.39 is 36.7 Å². The van der Waals surface area contributed by atoms with Crippen LogP contribution in [0.15, 0.2) is 0 Å². The van der Waals surface area contributed by atoms with Crippen molar-refractivity contribution in [3.63, 3.8) is 0 Å². The van der Waals surface area contributed by atoms with E-state index in [1.165, 1.54) is 6.92 Å². The smallest absolute Gasteiger partial charge is 0.302 e. The van der Waals surface area contributed by atoms with Crippen LogP contribution in [0.4, 0.5) is 0 Å². The maximum absolute atomic E-state index is 10.5. The first kappa shape index (κ1) is 12.3. The molecule has 0 amide bonds. The van der Waals surface area contributed by atoms with Gasteiger partial charge in [0.1, 0.15) is 31.0 Å². The molecule has 7 nitrogen and oxygen atoms in total. The molecule has 0 aliphatic carbocycles. The van der Waals surface area contributed by atoms with Crippen LogP contribution in [0.2, 0.25) is 0 Å². The maximum atomic E-state index is 10.5. The minimum Gasteiger partial charge on any atom is -0.463 e. The number of aliphatic hydroxyl groups excluding tert-OH is 4. The van der Waals surface area contributed by atoms with Crippen molar-refractivity contribution in [1.82, 2.24) is 0 Å². The van der Waals surface area contributed by atoms with Crippen molar-refractivity contribution in [3.05, 3.63) is 0 Å². The fourth-order valence-electron chi connectivity index (χ4n) is 1.27. The van der Waals surface area contributed by atoms with E-state index in [9.17, 15) is 15.0 Å². The van der Waals surface area contributed by atoms with Gasteiger partial charge < -0.3 is 29.9 Å². The zero-order chi connectivity index (χ0) is 11.6. The van der Waals surface area contributed by atoms with Crippen LogP contribution in [0.25, 0.3) is 0 Å². The van der Waals surface area contributed by atoms with E-state index >= 15 is 0 Å². The number of hydrogen-bond donors (Lipinski definition) is 4. The molecule has 1 aliphatic rings. The van der Waals surface area contributed by atoms with Crippen LogP contribution in [0.5, 0.6) is 0 Å². The lowest BCUT2D eigenvalue weighted by Crippen LogP contribution is -2.58. The number of carbonyl (C=O) groups is 1. The lowest BCUT2D eigenvalue weighted by molar-refractivity contribution is -0.287. The molecule has 0 bridgehead atoms. The van der Waals surface area contributed by atoms with E-state index in [0.717, 1.165) is 0 Å². The largest absolute Gasteiger partial charge is 0.463 e. The summed E-state index contributed by atoms with van der Waals surface area (Å²) in [6.07, 6.45) is -7.18. The molecule has 5 unspecified atom stereocenters. The van der Waals surface area contributed by atoms with E-state index in [1.807, 2.05) is 0 Å². The molecule has 0 aromatic rings. The number of esters is 1. The van der Waals surface area contributed by atoms with Crippen LogP contribution in [-0.2, 0) is 14.3 Å². The third-order valence-electron chi connectivity index (χ3n) is 2.14. The summed E-state index contributed by atoms with van der Waals surface area (Å²) in [5.74, 6) is -0.569. The minimum atomic E-state index is -1.61. The molecular weight excluding hydrogens is 208 g/mol. The Morgan fingerprint density at radius 1 is 1.20 bits per heavy atom. The second-order valence-electron chi connectivity index (χ2n) is 3.34. The Morgan fingerprint density at radius 3 is 2.33 bits per heavy atom. The van der Waals surface area contributed by atoms with Gasteiger partial charge >= 0.3 is 5.97 Å². The molecule has 1 heterocycles. The SMILES string of the molecule is CC(=O)OCC1OC(O)C(O)C(O)C1O. The predicted molar refractivity (Wildman–Crippen MR) is 45.5 cm³/mol. The molecule has 1 rings (SSSR count). The van der Waals surface area contributed by atoms with Gasteiger partial charge in [-0.2, -0.15) is 0 Å². The first-order valence-electron chi connectivity index (χ1n) is 4.44. The molecule has 5 atom stereocenters. The van der Waals surface area contributed by atoms with Gasteiger partial charge in [-0.1, -0.05) is 0 Å². The van der Waals surface area contributed by atoms with Gasteiger partial charge in [0.05, 0.1) is 0 Å². The predicted octanol–water partition coefficient (Wildman–Crippen LogP) is -2.65. The molecule has 1 fully saturated rings. The summed E-state index contributed by atoms with van der Waals surface area (Å²) in [6, 6.07) is 0. The molecule has 15 heavy (non-hydrogen) atoms. The van der Waals surface area contributed by atoms with Crippen molar-refractivity contribution in [3.8, 4) is 0 Å². The quantitative estimate of drug-likeness (QED) is 0.377. The Balaban J connectivity index is 2.54. The minimum absolute atomic E-state index is 0.294. The van der Waals surface area contributed by atoms with Crippen molar-refractivity contribution in [2.75, 3.05) is 6.61 Å². The van der Waals surface area contributed by atoms with Crippen LogP contribution in [0, 0.1) is 0 Å². The number of hydrogen-bond acceptors (Lipinski definition) is 7. The Labute approximate surface area is 85.9 Å². The van der Waals surface area contributed by atoms with Gasteiger partial charge in [-0.3, -0.25) is 4.79 Å². The van der Waals surface area contributed by atoms with Crippen molar-refractivity contribution in [2.45, 2.75) is 37.6 Å². The Morgan fingerprint density at radius 2 is 1.80 bits per heavy atom. The van der Waals surface area contributed by atoms with Crippen molar-refractivity contribution in [2.24, 2.45) is 0 Å². The summed E-state index contributed by atoms with van der Waals surface area (Å²) in [5, 5.41) is 36.9. The van der Waals surface area contributed by atoms with Gasteiger partial charge in [0.15, 0.2) is 6.29 Å². The van der Waals surface area contributed by atoms with Gasteiger partial charge in [0, 0.05) is 6.92 Å². The van der Waals surface area contributed by atoms with Crippen molar-refractivity contribution < 1.29 is 34.7 Å². The summed E-state index contributed by atoms with van der Waals surface area (Å²) in [6.45, 7) is 0.883. The fraction of sp³-hybridized carbons (Fsp3) is 0.875. The van der Waals surface area contributed by atoms with Crippen molar-refractivity contribution in [1.29, 1.82) is 0 Å². The van der Waals surface area contributed by atoms with Crippen LogP contribution in [0.1, 0.15) is 6.92 Å². The highest BCUT2D eigenvalue weighted by Gasteiger charge is 2.43. The molecular formula is C8H14O7. The summed E-state index contributed by atoms with van der Waals surface area (Å²) in [7, 11) is 0. The topological polar surface area (TPSA) is 116 Å². The van der Waals surface area contributed by atoms with Crippen LogP contribution < -0.4 is 0 Å². The van der Waals surface area contributed by atoms with E-state index in [-0.39, 0.29) is 6.61 Å². The number of ether oxygens (including phenoxy) is 2. The summed E-state index contributed by atoms with van der Waals surface area (Å²) in [4.78, 5) is 10.5. The molecule has 0 radical (unpaired) electrons. The maximum Gasteiger partial charge on any atom is 0.302 e. The summed E-state index contributed by atoms with van der Waals surface area (Å²) < 4.78 is 9.31. The zero-order valence-electron chi connectivity index (χ0n) is 8.11. The first-order valence-corrected chi connectivity index (χ1v) is 4.44. The number of carbonyl (C=O) groups excluding carboxylic acids is 1. The van der Waals surface area contributed by atoms with Crippen LogP contribution in [0.3, 0.4) is 0 Å². The third kappa shape index (κ3) is 2.86. The Kier molecular flexibility index (Phi) is 4.00. The molecule has 4 N–H and O–H groups in total. The summed E-state index contributed by atoms with van der Waals surface area (Å²) >= 11 is 0. The average Bonchev–Trinajstić information content (AvgIpc) is 2.18. The summed E-state index contributed by atoms with van der Waals surface area (Å²) in [5.41, 5.74) is 0. The van der Waals surface area contributed by atoms with Gasteiger partial charge in [-0.05, 0) is 0 Å². The van der Waals surface area contributed by atoms with E-state index in [1.54, 1.807) is 0 Å². The van der Waals surface area contributed by atoms with E-state index in [0.29, 0.717) is 0 Å². The highest BCUT2D eigenvalue weighted by atomic mass is 16.6. The molecule has 0 aromatic carbocycles. The Bertz CT molecular complexity index is 231. The molecule has 1 saturated heterocycles. The van der Waals surface area contributed by atoms with Crippen LogP contribution in [-0.4, -0.2) is 63.7 Å². The number of aliphatic hydroxyl groups is 4. The fourth-order valence-corrected chi connectivity index (χ4v) is 1.27. The van der Waals surface area contributed by atoms with Gasteiger partial charge in [0.2, 0.25) is 0 Å². The molecule has 0 spiro atoms. The van der Waals surface area contributed by atoms with E-state index in [4.69, 9.17) is 14.9 Å². The lowest BCUT2D eigenvalue weighted by Gasteiger charge is -2.37. The monoisotopic (exact) mass is 222 g/mol.